The molecule has 0 aliphatic rings. The molecule has 0 aliphatic carbocycles. The highest BCUT2D eigenvalue weighted by Gasteiger charge is 2.25. The first-order chi connectivity index (χ1) is 12.5. The highest BCUT2D eigenvalue weighted by molar-refractivity contribution is 6.12. The minimum atomic E-state index is -1.59. The third kappa shape index (κ3) is 3.36. The van der Waals surface area contributed by atoms with Crippen LogP contribution in [0.4, 0.5) is 0 Å². The molecular formula is C19H16N4O3. The molecule has 1 heterocycles. The Bertz CT molecular complexity index is 988. The van der Waals surface area contributed by atoms with E-state index in [0.717, 1.165) is 5.56 Å². The van der Waals surface area contributed by atoms with Crippen molar-refractivity contribution in [3.05, 3.63) is 66.2 Å². The molecular weight excluding hydrogens is 332 g/mol. The first-order valence-electron chi connectivity index (χ1n) is 7.82. The lowest BCUT2D eigenvalue weighted by Gasteiger charge is -2.14. The Kier molecular flexibility index (Phi) is 4.62. The maximum absolute atomic E-state index is 12.7. The Labute approximate surface area is 149 Å². The second-order valence-corrected chi connectivity index (χ2v) is 5.65. The van der Waals surface area contributed by atoms with E-state index in [0.29, 0.717) is 16.6 Å². The highest BCUT2D eigenvalue weighted by Crippen LogP contribution is 2.24. The molecule has 0 aliphatic heterocycles. The van der Waals surface area contributed by atoms with E-state index < -0.39 is 23.8 Å². The van der Waals surface area contributed by atoms with Crippen molar-refractivity contribution in [3.63, 3.8) is 0 Å². The fourth-order valence-corrected chi connectivity index (χ4v) is 2.61. The summed E-state index contributed by atoms with van der Waals surface area (Å²) in [7, 11) is 0. The van der Waals surface area contributed by atoms with E-state index >= 15 is 0 Å². The predicted molar refractivity (Wildman–Crippen MR) is 96.8 cm³/mol. The molecule has 0 fully saturated rings. The lowest BCUT2D eigenvalue weighted by molar-refractivity contribution is -0.128. The van der Waals surface area contributed by atoms with Crippen molar-refractivity contribution in [1.29, 1.82) is 0 Å². The summed E-state index contributed by atoms with van der Waals surface area (Å²) in [5.74, 6) is -2.68. The van der Waals surface area contributed by atoms with Crippen LogP contribution in [-0.4, -0.2) is 28.7 Å². The SMILES string of the molecule is NC(=O)C(NC(=O)c1cc(-c2ccccc2)nc2ccccc12)C(N)=O. The van der Waals surface area contributed by atoms with E-state index in [-0.39, 0.29) is 5.56 Å². The summed E-state index contributed by atoms with van der Waals surface area (Å²) in [5.41, 5.74) is 12.5. The minimum Gasteiger partial charge on any atom is -0.367 e. The molecule has 130 valence electrons. The zero-order valence-corrected chi connectivity index (χ0v) is 13.7. The van der Waals surface area contributed by atoms with Crippen LogP contribution in [0.1, 0.15) is 10.4 Å². The number of nitrogens with two attached hydrogens (primary N) is 2. The number of nitrogens with one attached hydrogen (secondary N) is 1. The number of hydrogen-bond acceptors (Lipinski definition) is 4. The first-order valence-corrected chi connectivity index (χ1v) is 7.82. The number of benzene rings is 2. The summed E-state index contributed by atoms with van der Waals surface area (Å²) < 4.78 is 0. The van der Waals surface area contributed by atoms with Gasteiger partial charge in [0.25, 0.3) is 5.91 Å². The number of carbonyl (C=O) groups is 3. The quantitative estimate of drug-likeness (QED) is 0.593. The van der Waals surface area contributed by atoms with E-state index in [4.69, 9.17) is 11.5 Å². The van der Waals surface area contributed by atoms with Gasteiger partial charge >= 0.3 is 0 Å². The largest absolute Gasteiger partial charge is 0.367 e. The number of primary amides is 2. The number of rotatable bonds is 5. The summed E-state index contributed by atoms with van der Waals surface area (Å²) in [5, 5.41) is 2.87. The minimum absolute atomic E-state index is 0.266. The summed E-state index contributed by atoms with van der Waals surface area (Å²) in [6.07, 6.45) is 0. The highest BCUT2D eigenvalue weighted by atomic mass is 16.2. The van der Waals surface area contributed by atoms with E-state index in [2.05, 4.69) is 10.3 Å². The van der Waals surface area contributed by atoms with Gasteiger partial charge in [0.15, 0.2) is 6.04 Å². The maximum Gasteiger partial charge on any atom is 0.253 e. The van der Waals surface area contributed by atoms with E-state index in [1.54, 1.807) is 30.3 Å². The number of pyridine rings is 1. The van der Waals surface area contributed by atoms with E-state index in [1.807, 2.05) is 30.3 Å². The third-order valence-corrected chi connectivity index (χ3v) is 3.87. The van der Waals surface area contributed by atoms with Crippen molar-refractivity contribution in [2.24, 2.45) is 11.5 Å². The van der Waals surface area contributed by atoms with Gasteiger partial charge in [0.1, 0.15) is 0 Å². The molecule has 0 saturated heterocycles. The van der Waals surface area contributed by atoms with Gasteiger partial charge in [-0.2, -0.15) is 0 Å². The lowest BCUT2D eigenvalue weighted by Crippen LogP contribution is -2.52. The van der Waals surface area contributed by atoms with Gasteiger partial charge in [-0.05, 0) is 12.1 Å². The van der Waals surface area contributed by atoms with Gasteiger partial charge in [0.2, 0.25) is 11.8 Å². The van der Waals surface area contributed by atoms with Crippen LogP contribution >= 0.6 is 0 Å². The molecule has 0 spiro atoms. The van der Waals surface area contributed by atoms with Gasteiger partial charge < -0.3 is 16.8 Å². The van der Waals surface area contributed by atoms with E-state index in [1.165, 1.54) is 0 Å². The van der Waals surface area contributed by atoms with Crippen LogP contribution in [0, 0.1) is 0 Å². The molecule has 1 aromatic heterocycles. The Morgan fingerprint density at radius 1 is 0.885 bits per heavy atom. The standard InChI is InChI=1S/C19H16N4O3/c20-17(24)16(18(21)25)23-19(26)13-10-15(11-6-2-1-3-7-11)22-14-9-5-4-8-12(13)14/h1-10,16H,(H2,20,24)(H2,21,25)(H,23,26). The number of carbonyl (C=O) groups excluding carboxylic acids is 3. The van der Waals surface area contributed by atoms with E-state index in [9.17, 15) is 14.4 Å². The van der Waals surface area contributed by atoms with Crippen LogP contribution in [0.15, 0.2) is 60.7 Å². The number of para-hydroxylation sites is 1. The zero-order valence-electron chi connectivity index (χ0n) is 13.7. The summed E-state index contributed by atoms with van der Waals surface area (Å²) in [6, 6.07) is 16.4. The number of fused-ring (bicyclic) bond motifs is 1. The molecule has 26 heavy (non-hydrogen) atoms. The van der Waals surface area contributed by atoms with Gasteiger partial charge in [-0.3, -0.25) is 14.4 Å². The van der Waals surface area contributed by atoms with Crippen molar-refractivity contribution in [2.75, 3.05) is 0 Å². The predicted octanol–water partition coefficient (Wildman–Crippen LogP) is 0.971. The molecule has 3 amide bonds. The molecule has 0 unspecified atom stereocenters. The fourth-order valence-electron chi connectivity index (χ4n) is 2.61. The summed E-state index contributed by atoms with van der Waals surface area (Å²) >= 11 is 0. The molecule has 5 N–H and O–H groups in total. The normalized spacial score (nSPS) is 10.7. The van der Waals surface area contributed by atoms with Crippen LogP contribution in [0.2, 0.25) is 0 Å². The van der Waals surface area contributed by atoms with Crippen LogP contribution in [0.25, 0.3) is 22.2 Å². The monoisotopic (exact) mass is 348 g/mol. The Morgan fingerprint density at radius 2 is 1.50 bits per heavy atom. The third-order valence-electron chi connectivity index (χ3n) is 3.87. The van der Waals surface area contributed by atoms with Crippen molar-refractivity contribution in [3.8, 4) is 11.3 Å². The van der Waals surface area contributed by atoms with Crippen LogP contribution in [0.5, 0.6) is 0 Å². The molecule has 3 aromatic rings. The summed E-state index contributed by atoms with van der Waals surface area (Å²) in [6.45, 7) is 0. The van der Waals surface area contributed by atoms with Crippen LogP contribution < -0.4 is 16.8 Å². The molecule has 7 nitrogen and oxygen atoms in total. The van der Waals surface area contributed by atoms with Crippen molar-refractivity contribution in [1.82, 2.24) is 10.3 Å². The average molecular weight is 348 g/mol. The molecule has 0 atom stereocenters. The number of hydrogen-bond donors (Lipinski definition) is 3. The molecule has 3 rings (SSSR count). The Morgan fingerprint density at radius 3 is 2.15 bits per heavy atom. The Balaban J connectivity index is 2.10. The number of nitrogens with zero attached hydrogens (tertiary/aromatic N) is 1. The molecule has 7 heteroatoms. The maximum atomic E-state index is 12.7. The molecule has 2 aromatic carbocycles. The molecule has 0 bridgehead atoms. The van der Waals surface area contributed by atoms with Gasteiger partial charge in [-0.25, -0.2) is 4.98 Å². The molecule has 0 radical (unpaired) electrons. The van der Waals surface area contributed by atoms with Gasteiger partial charge in [0, 0.05) is 10.9 Å². The zero-order chi connectivity index (χ0) is 18.7. The Hall–Kier alpha value is -3.74. The second kappa shape index (κ2) is 7.02. The van der Waals surface area contributed by atoms with Gasteiger partial charge in [-0.1, -0.05) is 48.5 Å². The molecule has 0 saturated carbocycles. The fraction of sp³-hybridized carbons (Fsp3) is 0.0526. The van der Waals surface area contributed by atoms with Gasteiger partial charge in [-0.15, -0.1) is 0 Å². The van der Waals surface area contributed by atoms with Crippen molar-refractivity contribution < 1.29 is 14.4 Å². The van der Waals surface area contributed by atoms with Crippen LogP contribution in [0.3, 0.4) is 0 Å². The average Bonchev–Trinajstić information content (AvgIpc) is 2.65. The van der Waals surface area contributed by atoms with Crippen molar-refractivity contribution >= 4 is 28.6 Å². The topological polar surface area (TPSA) is 128 Å². The summed E-state index contributed by atoms with van der Waals surface area (Å²) in [4.78, 5) is 40.0. The van der Waals surface area contributed by atoms with Crippen LogP contribution in [-0.2, 0) is 9.59 Å². The smallest absolute Gasteiger partial charge is 0.253 e. The lowest BCUT2D eigenvalue weighted by atomic mass is 10.0. The van der Waals surface area contributed by atoms with Crippen molar-refractivity contribution in [2.45, 2.75) is 6.04 Å². The number of amides is 3. The van der Waals surface area contributed by atoms with Gasteiger partial charge in [0.05, 0.1) is 16.8 Å². The second-order valence-electron chi connectivity index (χ2n) is 5.65. The number of aromatic nitrogens is 1. The first kappa shape index (κ1) is 17.1.